The summed E-state index contributed by atoms with van der Waals surface area (Å²) >= 11 is 0. The number of imide groups is 1. The SMILES string of the molecule is Cc1ccc2c(c1)[C@@]1([NH2+][C@@H](Cc3ccccc3)[C@H]3C(=O)N(C(C)(C)C)C(=O)[C@H]31)C(=O)N2. The first kappa shape index (κ1) is 19.9. The molecule has 0 radical (unpaired) electrons. The summed E-state index contributed by atoms with van der Waals surface area (Å²) in [7, 11) is 0. The second-order valence-corrected chi connectivity index (χ2v) is 10.1. The number of anilines is 1. The van der Waals surface area contributed by atoms with Gasteiger partial charge < -0.3 is 10.6 Å². The second kappa shape index (κ2) is 6.50. The predicted octanol–water partition coefficient (Wildman–Crippen LogP) is 1.73. The predicted molar refractivity (Wildman–Crippen MR) is 116 cm³/mol. The van der Waals surface area contributed by atoms with Crippen molar-refractivity contribution in [1.29, 1.82) is 0 Å². The molecular formula is C25H28N3O3+. The summed E-state index contributed by atoms with van der Waals surface area (Å²) < 4.78 is 0. The highest BCUT2D eigenvalue weighted by Gasteiger charge is 2.74. The third kappa shape index (κ3) is 2.71. The number of nitrogens with two attached hydrogens (primary N) is 1. The van der Waals surface area contributed by atoms with Crippen LogP contribution in [-0.4, -0.2) is 34.2 Å². The van der Waals surface area contributed by atoms with Crippen LogP contribution in [0.5, 0.6) is 0 Å². The van der Waals surface area contributed by atoms with E-state index in [0.29, 0.717) is 6.42 Å². The number of rotatable bonds is 2. The number of quaternary nitrogens is 1. The number of benzene rings is 2. The minimum absolute atomic E-state index is 0.162. The Morgan fingerprint density at radius 2 is 1.74 bits per heavy atom. The van der Waals surface area contributed by atoms with E-state index < -0.39 is 22.9 Å². The summed E-state index contributed by atoms with van der Waals surface area (Å²) in [5, 5.41) is 5.00. The number of aryl methyl sites for hydroxylation is 1. The molecule has 160 valence electrons. The molecule has 2 fully saturated rings. The molecule has 2 aromatic rings. The fraction of sp³-hybridized carbons (Fsp3) is 0.400. The van der Waals surface area contributed by atoms with Crippen molar-refractivity contribution in [2.75, 3.05) is 5.32 Å². The zero-order valence-corrected chi connectivity index (χ0v) is 18.3. The average molecular weight is 419 g/mol. The van der Waals surface area contributed by atoms with Gasteiger partial charge in [-0.2, -0.15) is 0 Å². The number of amides is 3. The summed E-state index contributed by atoms with van der Waals surface area (Å²) in [6.07, 6.45) is 0.620. The van der Waals surface area contributed by atoms with Gasteiger partial charge in [-0.05, 0) is 45.4 Å². The number of nitrogens with one attached hydrogen (secondary N) is 1. The summed E-state index contributed by atoms with van der Waals surface area (Å²) in [6, 6.07) is 15.6. The van der Waals surface area contributed by atoms with Crippen LogP contribution in [0.3, 0.4) is 0 Å². The summed E-state index contributed by atoms with van der Waals surface area (Å²) in [6.45, 7) is 7.60. The monoisotopic (exact) mass is 418 g/mol. The number of hydrogen-bond acceptors (Lipinski definition) is 3. The van der Waals surface area contributed by atoms with E-state index in [1.165, 1.54) is 4.90 Å². The van der Waals surface area contributed by atoms with Crippen LogP contribution in [0.2, 0.25) is 0 Å². The van der Waals surface area contributed by atoms with E-state index >= 15 is 0 Å². The van der Waals surface area contributed by atoms with Crippen molar-refractivity contribution in [3.63, 3.8) is 0 Å². The first-order valence-corrected chi connectivity index (χ1v) is 10.8. The van der Waals surface area contributed by atoms with Gasteiger partial charge in [0.1, 0.15) is 17.9 Å². The molecular weight excluding hydrogens is 390 g/mol. The van der Waals surface area contributed by atoms with Crippen molar-refractivity contribution in [3.8, 4) is 0 Å². The third-order valence-corrected chi connectivity index (χ3v) is 7.01. The van der Waals surface area contributed by atoms with Crippen LogP contribution in [0, 0.1) is 18.8 Å². The summed E-state index contributed by atoms with van der Waals surface area (Å²) in [5.74, 6) is -1.85. The smallest absolute Gasteiger partial charge is 0.291 e. The molecule has 4 atom stereocenters. The zero-order valence-electron chi connectivity index (χ0n) is 18.3. The number of hydrogen-bond donors (Lipinski definition) is 2. The van der Waals surface area contributed by atoms with Crippen LogP contribution in [0.15, 0.2) is 48.5 Å². The number of carbonyl (C=O) groups excluding carboxylic acids is 3. The van der Waals surface area contributed by atoms with E-state index in [9.17, 15) is 14.4 Å². The Morgan fingerprint density at radius 3 is 2.42 bits per heavy atom. The van der Waals surface area contributed by atoms with E-state index in [1.807, 2.05) is 81.5 Å². The van der Waals surface area contributed by atoms with Crippen LogP contribution in [0.25, 0.3) is 0 Å². The van der Waals surface area contributed by atoms with E-state index in [0.717, 1.165) is 22.4 Å². The van der Waals surface area contributed by atoms with Crippen LogP contribution in [0.4, 0.5) is 5.69 Å². The van der Waals surface area contributed by atoms with Crippen LogP contribution >= 0.6 is 0 Å². The Balaban J connectivity index is 1.68. The van der Waals surface area contributed by atoms with Crippen LogP contribution in [0.1, 0.15) is 37.5 Å². The highest BCUT2D eigenvalue weighted by atomic mass is 16.2. The Bertz CT molecular complexity index is 1100. The lowest BCUT2D eigenvalue weighted by atomic mass is 9.76. The van der Waals surface area contributed by atoms with Gasteiger partial charge in [0.05, 0.1) is 5.69 Å². The van der Waals surface area contributed by atoms with Gasteiger partial charge in [-0.1, -0.05) is 42.0 Å². The number of carbonyl (C=O) groups is 3. The molecule has 0 saturated carbocycles. The molecule has 2 aromatic carbocycles. The number of likely N-dealkylation sites (tertiary alicyclic amines) is 1. The summed E-state index contributed by atoms with van der Waals surface area (Å²) in [5.41, 5.74) is 1.92. The normalized spacial score (nSPS) is 29.5. The van der Waals surface area contributed by atoms with Gasteiger partial charge >= 0.3 is 0 Å². The maximum Gasteiger partial charge on any atom is 0.291 e. The van der Waals surface area contributed by atoms with Gasteiger partial charge in [-0.15, -0.1) is 0 Å². The first-order valence-electron chi connectivity index (χ1n) is 10.8. The molecule has 3 aliphatic rings. The fourth-order valence-electron chi connectivity index (χ4n) is 5.81. The molecule has 0 unspecified atom stereocenters. The Morgan fingerprint density at radius 1 is 1.03 bits per heavy atom. The second-order valence-electron chi connectivity index (χ2n) is 10.1. The lowest BCUT2D eigenvalue weighted by Crippen LogP contribution is -2.99. The van der Waals surface area contributed by atoms with Crippen LogP contribution < -0.4 is 10.6 Å². The molecule has 5 rings (SSSR count). The van der Waals surface area contributed by atoms with Gasteiger partial charge in [-0.25, -0.2) is 0 Å². The van der Waals surface area contributed by atoms with Crippen molar-refractivity contribution in [3.05, 3.63) is 65.2 Å². The van der Waals surface area contributed by atoms with Gasteiger partial charge in [0.25, 0.3) is 5.91 Å². The van der Waals surface area contributed by atoms with Crippen molar-refractivity contribution in [2.45, 2.75) is 51.2 Å². The van der Waals surface area contributed by atoms with Crippen LogP contribution in [-0.2, 0) is 26.3 Å². The minimum atomic E-state index is -1.11. The topological polar surface area (TPSA) is 83.1 Å². The molecule has 2 saturated heterocycles. The Kier molecular flexibility index (Phi) is 4.18. The highest BCUT2D eigenvalue weighted by molar-refractivity contribution is 6.14. The third-order valence-electron chi connectivity index (χ3n) is 7.01. The van der Waals surface area contributed by atoms with Crippen molar-refractivity contribution < 1.29 is 19.7 Å². The molecule has 6 heteroatoms. The van der Waals surface area contributed by atoms with Gasteiger partial charge in [0.2, 0.25) is 17.4 Å². The summed E-state index contributed by atoms with van der Waals surface area (Å²) in [4.78, 5) is 42.3. The molecule has 3 aliphatic heterocycles. The van der Waals surface area contributed by atoms with Crippen molar-refractivity contribution in [1.82, 2.24) is 4.90 Å². The molecule has 0 aromatic heterocycles. The fourth-order valence-corrected chi connectivity index (χ4v) is 5.81. The highest BCUT2D eigenvalue weighted by Crippen LogP contribution is 2.50. The molecule has 3 amide bonds. The molecule has 6 nitrogen and oxygen atoms in total. The maximum absolute atomic E-state index is 13.7. The minimum Gasteiger partial charge on any atom is -0.326 e. The lowest BCUT2D eigenvalue weighted by Gasteiger charge is -2.33. The molecule has 3 N–H and O–H groups in total. The quantitative estimate of drug-likeness (QED) is 0.729. The van der Waals surface area contributed by atoms with Gasteiger partial charge in [-0.3, -0.25) is 19.3 Å². The van der Waals surface area contributed by atoms with E-state index in [4.69, 9.17) is 0 Å². The largest absolute Gasteiger partial charge is 0.326 e. The Labute approximate surface area is 182 Å². The maximum atomic E-state index is 13.7. The van der Waals surface area contributed by atoms with E-state index in [1.54, 1.807) is 0 Å². The van der Waals surface area contributed by atoms with E-state index in [2.05, 4.69) is 5.32 Å². The lowest BCUT2D eigenvalue weighted by molar-refractivity contribution is -0.733. The zero-order chi connectivity index (χ0) is 22.1. The molecule has 3 heterocycles. The number of nitrogens with zero attached hydrogens (tertiary/aromatic N) is 1. The molecule has 31 heavy (non-hydrogen) atoms. The van der Waals surface area contributed by atoms with Gasteiger partial charge in [0.15, 0.2) is 0 Å². The molecule has 0 aliphatic carbocycles. The Hall–Kier alpha value is -2.99. The number of fused-ring (bicyclic) bond motifs is 4. The first-order chi connectivity index (χ1) is 14.6. The van der Waals surface area contributed by atoms with Gasteiger partial charge in [0, 0.05) is 17.5 Å². The average Bonchev–Trinajstić information content (AvgIpc) is 3.27. The van der Waals surface area contributed by atoms with Crippen molar-refractivity contribution in [2.24, 2.45) is 11.8 Å². The molecule has 1 spiro atoms. The standard InChI is InChI=1S/C25H27N3O3/c1-14-10-11-17-16(12-14)25(23(31)26-17)20-19(21(29)28(22(20)30)24(2,3)4)18(27-25)13-15-8-6-5-7-9-15/h5-12,18-20,27H,13H2,1-4H3,(H,26,31)/p+1/t18-,19+,20-,25-/m0/s1. The van der Waals surface area contributed by atoms with Crippen molar-refractivity contribution >= 4 is 23.4 Å². The molecule has 0 bridgehead atoms. The van der Waals surface area contributed by atoms with E-state index in [-0.39, 0.29) is 23.8 Å².